The average Bonchev–Trinajstić information content (AvgIpc) is 3.83. The van der Waals surface area contributed by atoms with Gasteiger partial charge in [0.15, 0.2) is 5.71 Å². The smallest absolute Gasteiger partial charge is 0.272 e. The van der Waals surface area contributed by atoms with Crippen LogP contribution >= 0.6 is 11.6 Å². The van der Waals surface area contributed by atoms with Crippen LogP contribution in [0.4, 0.5) is 10.1 Å². The highest BCUT2D eigenvalue weighted by Gasteiger charge is 2.48. The number of aromatic nitrogens is 4. The second kappa shape index (κ2) is 11.4. The number of hydrogen-bond acceptors (Lipinski definition) is 8. The Labute approximate surface area is 221 Å². The lowest BCUT2D eigenvalue weighted by atomic mass is 9.88. The third kappa shape index (κ3) is 6.07. The molecule has 2 amide bonds. The lowest BCUT2D eigenvalue weighted by Gasteiger charge is -2.27. The van der Waals surface area contributed by atoms with Gasteiger partial charge in [0, 0.05) is 12.7 Å². The van der Waals surface area contributed by atoms with Gasteiger partial charge in [0.1, 0.15) is 28.6 Å². The van der Waals surface area contributed by atoms with Crippen LogP contribution in [0.3, 0.4) is 0 Å². The SMILES string of the molecule is COCC(c1cc(Cl)n[nH]c1=O)n1cc(NC(=O)[C@@H](NC(=O)C(=N)/C(C)=N\[OH2+])C(C2CC2)C2CC2)c(F)n1. The monoisotopic (exact) mass is 551 g/mol. The van der Waals surface area contributed by atoms with Gasteiger partial charge in [0.05, 0.1) is 18.0 Å². The summed E-state index contributed by atoms with van der Waals surface area (Å²) in [7, 11) is 1.40. The first-order valence-corrected chi connectivity index (χ1v) is 12.4. The van der Waals surface area contributed by atoms with E-state index in [-0.39, 0.29) is 46.5 Å². The molecule has 2 saturated carbocycles. The Bertz CT molecular complexity index is 1310. The van der Waals surface area contributed by atoms with Crippen LogP contribution in [0, 0.1) is 29.1 Å². The predicted octanol–water partition coefficient (Wildman–Crippen LogP) is 0.974. The van der Waals surface area contributed by atoms with Crippen LogP contribution in [0.2, 0.25) is 5.15 Å². The van der Waals surface area contributed by atoms with Gasteiger partial charge in [-0.15, -0.1) is 5.10 Å². The molecule has 2 atom stereocenters. The zero-order valence-corrected chi connectivity index (χ0v) is 21.5. The van der Waals surface area contributed by atoms with Crippen molar-refractivity contribution in [1.29, 1.82) is 5.41 Å². The molecule has 1 unspecified atom stereocenters. The minimum absolute atomic E-state index is 0.0166. The van der Waals surface area contributed by atoms with E-state index in [0.717, 1.165) is 30.4 Å². The number of ether oxygens (including phenoxy) is 1. The van der Waals surface area contributed by atoms with E-state index in [1.807, 2.05) is 0 Å². The molecule has 4 rings (SSSR count). The zero-order chi connectivity index (χ0) is 27.6. The molecule has 0 spiro atoms. The van der Waals surface area contributed by atoms with Crippen LogP contribution in [0.1, 0.15) is 44.2 Å². The van der Waals surface area contributed by atoms with Crippen molar-refractivity contribution < 1.29 is 23.9 Å². The Balaban J connectivity index is 1.60. The van der Waals surface area contributed by atoms with Crippen molar-refractivity contribution in [3.63, 3.8) is 0 Å². The van der Waals surface area contributed by atoms with E-state index in [0.29, 0.717) is 0 Å². The summed E-state index contributed by atoms with van der Waals surface area (Å²) in [6.45, 7) is 1.30. The topological polar surface area (TPSA) is 190 Å². The van der Waals surface area contributed by atoms with Crippen molar-refractivity contribution in [2.24, 2.45) is 22.9 Å². The summed E-state index contributed by atoms with van der Waals surface area (Å²) in [4.78, 5) is 38.5. The van der Waals surface area contributed by atoms with E-state index in [1.54, 1.807) is 0 Å². The largest absolute Gasteiger partial charge is 0.469 e. The summed E-state index contributed by atoms with van der Waals surface area (Å²) in [6.07, 6.45) is 4.89. The van der Waals surface area contributed by atoms with Crippen molar-refractivity contribution in [3.05, 3.63) is 39.3 Å². The van der Waals surface area contributed by atoms with Gasteiger partial charge < -0.3 is 20.6 Å². The molecule has 6 N–H and O–H groups in total. The Hall–Kier alpha value is -3.65. The van der Waals surface area contributed by atoms with E-state index >= 15 is 0 Å². The summed E-state index contributed by atoms with van der Waals surface area (Å²) in [5, 5.41) is 33.0. The van der Waals surface area contributed by atoms with Crippen molar-refractivity contribution >= 4 is 40.5 Å². The fraction of sp³-hybridized carbons (Fsp3) is 0.522. The number of rotatable bonds is 12. The third-order valence-electron chi connectivity index (χ3n) is 6.79. The number of methoxy groups -OCH3 is 1. The van der Waals surface area contributed by atoms with Crippen molar-refractivity contribution in [1.82, 2.24) is 25.3 Å². The molecule has 13 nitrogen and oxygen atoms in total. The molecule has 2 aromatic rings. The van der Waals surface area contributed by atoms with Gasteiger partial charge in [0.2, 0.25) is 5.91 Å². The Kier molecular flexibility index (Phi) is 8.21. The summed E-state index contributed by atoms with van der Waals surface area (Å²) in [5.74, 6) is -2.18. The molecule has 2 heterocycles. The van der Waals surface area contributed by atoms with Gasteiger partial charge in [-0.05, 0) is 56.4 Å². The molecule has 0 bridgehead atoms. The average molecular weight is 552 g/mol. The van der Waals surface area contributed by atoms with Gasteiger partial charge in [0.25, 0.3) is 17.4 Å². The standard InChI is InChI=1S/C23H28ClFN8O5/c1-10(32-37)18(26)22(35)28-19(17(11-3-4-11)12-5-6-12)23(36)27-14-8-33(31-20(14)25)15(9-38-2)13-7-16(24)29-30-21(13)34/h7-8,11-12,15,17,19,26,37H,3-6,9H2,1-2H3,(H,27,36)(H,28,35)(H,30,34)/p+1/b26-18?,32-10-/t15?,19-/m0/s1. The fourth-order valence-electron chi connectivity index (χ4n) is 4.59. The maximum atomic E-state index is 14.9. The molecule has 2 aliphatic rings. The normalized spacial score (nSPS) is 17.2. The zero-order valence-electron chi connectivity index (χ0n) is 20.8. The second-order valence-electron chi connectivity index (χ2n) is 9.52. The highest BCUT2D eigenvalue weighted by Crippen LogP contribution is 2.50. The van der Waals surface area contributed by atoms with Crippen LogP contribution in [-0.4, -0.2) is 68.2 Å². The highest BCUT2D eigenvalue weighted by molar-refractivity contribution is 6.65. The van der Waals surface area contributed by atoms with Crippen molar-refractivity contribution in [3.8, 4) is 0 Å². The molecule has 0 aromatic carbocycles. The second-order valence-corrected chi connectivity index (χ2v) is 9.91. The lowest BCUT2D eigenvalue weighted by molar-refractivity contribution is -0.124. The number of carbonyl (C=O) groups excluding carboxylic acids is 2. The number of amides is 2. The van der Waals surface area contributed by atoms with E-state index in [4.69, 9.17) is 27.0 Å². The minimum Gasteiger partial charge on any atom is -0.469 e. The molecule has 38 heavy (non-hydrogen) atoms. The fourth-order valence-corrected chi connectivity index (χ4v) is 4.75. The number of nitrogens with one attached hydrogen (secondary N) is 4. The molecular formula is C23H29ClFN8O5+. The Morgan fingerprint density at radius 3 is 2.61 bits per heavy atom. The van der Waals surface area contributed by atoms with Crippen molar-refractivity contribution in [2.75, 3.05) is 19.0 Å². The van der Waals surface area contributed by atoms with E-state index in [2.05, 4.69) is 31.1 Å². The quantitative estimate of drug-likeness (QED) is 0.172. The first-order valence-electron chi connectivity index (χ1n) is 12.0. The molecule has 0 aliphatic heterocycles. The number of anilines is 1. The van der Waals surface area contributed by atoms with Crippen LogP contribution < -0.4 is 16.2 Å². The summed E-state index contributed by atoms with van der Waals surface area (Å²) in [5.41, 5.74) is -1.31. The molecule has 0 radical (unpaired) electrons. The highest BCUT2D eigenvalue weighted by atomic mass is 35.5. The van der Waals surface area contributed by atoms with Gasteiger partial charge in [-0.3, -0.25) is 24.5 Å². The maximum Gasteiger partial charge on any atom is 0.272 e. The van der Waals surface area contributed by atoms with E-state index < -0.39 is 41.1 Å². The van der Waals surface area contributed by atoms with Crippen LogP contribution in [0.25, 0.3) is 0 Å². The molecule has 2 aromatic heterocycles. The summed E-state index contributed by atoms with van der Waals surface area (Å²) >= 11 is 5.92. The Morgan fingerprint density at radius 2 is 2.03 bits per heavy atom. The Morgan fingerprint density at radius 1 is 1.37 bits per heavy atom. The first-order chi connectivity index (χ1) is 18.1. The molecule has 2 aliphatic carbocycles. The van der Waals surface area contributed by atoms with Gasteiger partial charge in [-0.1, -0.05) is 11.6 Å². The molecule has 15 heteroatoms. The van der Waals surface area contributed by atoms with Crippen LogP contribution in [0.5, 0.6) is 0 Å². The first kappa shape index (κ1) is 27.4. The van der Waals surface area contributed by atoms with Crippen molar-refractivity contribution in [2.45, 2.75) is 44.7 Å². The summed E-state index contributed by atoms with van der Waals surface area (Å²) in [6, 6.07) is -0.584. The molecule has 204 valence electrons. The number of aromatic amines is 1. The van der Waals surface area contributed by atoms with Crippen LogP contribution in [0.15, 0.2) is 22.2 Å². The number of carbonyl (C=O) groups is 2. The van der Waals surface area contributed by atoms with E-state index in [1.165, 1.54) is 26.3 Å². The minimum atomic E-state index is -1.03. The number of hydrogen-bond donors (Lipinski definition) is 4. The lowest BCUT2D eigenvalue weighted by Crippen LogP contribution is -2.52. The molecule has 0 saturated heterocycles. The van der Waals surface area contributed by atoms with Crippen LogP contribution in [-0.2, 0) is 14.3 Å². The molecule has 2 fully saturated rings. The maximum absolute atomic E-state index is 14.9. The van der Waals surface area contributed by atoms with Gasteiger partial charge in [-0.25, -0.2) is 5.10 Å². The predicted molar refractivity (Wildman–Crippen MR) is 136 cm³/mol. The number of nitrogens with zero attached hydrogens (tertiary/aromatic N) is 4. The third-order valence-corrected chi connectivity index (χ3v) is 6.99. The number of H-pyrrole nitrogens is 1. The van der Waals surface area contributed by atoms with E-state index in [9.17, 15) is 18.8 Å². The number of halogens is 2. The van der Waals surface area contributed by atoms with Gasteiger partial charge >= 0.3 is 0 Å². The van der Waals surface area contributed by atoms with Gasteiger partial charge in [-0.2, -0.15) is 9.49 Å². The molecular weight excluding hydrogens is 523 g/mol. The summed E-state index contributed by atoms with van der Waals surface area (Å²) < 4.78 is 21.3.